The van der Waals surface area contributed by atoms with Gasteiger partial charge in [-0.1, -0.05) is 25.3 Å². The summed E-state index contributed by atoms with van der Waals surface area (Å²) in [5, 5.41) is 0. The molecule has 0 unspecified atom stereocenters. The van der Waals surface area contributed by atoms with E-state index in [1.807, 2.05) is 12.1 Å². The third kappa shape index (κ3) is 8.41. The predicted octanol–water partition coefficient (Wildman–Crippen LogP) is 4.35. The average Bonchev–Trinajstić information content (AvgIpc) is 2.77. The average molecular weight is 417 g/mol. The zero-order valence-corrected chi connectivity index (χ0v) is 17.8. The van der Waals surface area contributed by atoms with E-state index >= 15 is 0 Å². The second-order valence-electron chi connectivity index (χ2n) is 7.40. The van der Waals surface area contributed by atoms with Crippen molar-refractivity contribution in [3.8, 4) is 5.75 Å². The minimum atomic E-state index is -0.398. The van der Waals surface area contributed by atoms with Crippen LogP contribution < -0.4 is 4.74 Å². The molecule has 1 aliphatic rings. The Labute approximate surface area is 178 Å². The number of benzene rings is 1. The number of rotatable bonds is 12. The second-order valence-corrected chi connectivity index (χ2v) is 7.40. The van der Waals surface area contributed by atoms with Gasteiger partial charge in [-0.3, -0.25) is 0 Å². The van der Waals surface area contributed by atoms with E-state index in [2.05, 4.69) is 25.3 Å². The quantitative estimate of drug-likeness (QED) is 0.287. The van der Waals surface area contributed by atoms with Crippen molar-refractivity contribution in [1.29, 1.82) is 0 Å². The number of hydrogen-bond acceptors (Lipinski definition) is 6. The van der Waals surface area contributed by atoms with Crippen molar-refractivity contribution >= 4 is 11.9 Å². The molecule has 1 aromatic rings. The van der Waals surface area contributed by atoms with Gasteiger partial charge in [0.25, 0.3) is 0 Å². The highest BCUT2D eigenvalue weighted by Crippen LogP contribution is 2.34. The summed E-state index contributed by atoms with van der Waals surface area (Å²) in [6.45, 7) is 10.0. The fourth-order valence-electron chi connectivity index (χ4n) is 3.36. The summed E-state index contributed by atoms with van der Waals surface area (Å²) in [6, 6.07) is 8.14. The maximum atomic E-state index is 11.3. The first kappa shape index (κ1) is 23.7. The van der Waals surface area contributed by atoms with E-state index in [0.717, 1.165) is 31.4 Å². The molecule has 0 N–H and O–H groups in total. The van der Waals surface area contributed by atoms with Crippen LogP contribution in [-0.4, -0.2) is 44.5 Å². The Hall–Kier alpha value is -2.60. The molecule has 0 aliphatic heterocycles. The molecule has 1 fully saturated rings. The van der Waals surface area contributed by atoms with Crippen molar-refractivity contribution in [2.45, 2.75) is 51.0 Å². The lowest BCUT2D eigenvalue weighted by Crippen LogP contribution is -2.21. The van der Waals surface area contributed by atoms with Crippen LogP contribution >= 0.6 is 0 Å². The van der Waals surface area contributed by atoms with E-state index in [-0.39, 0.29) is 12.7 Å². The zero-order chi connectivity index (χ0) is 21.8. The fourth-order valence-corrected chi connectivity index (χ4v) is 3.36. The van der Waals surface area contributed by atoms with Crippen LogP contribution in [0, 0.1) is 0 Å². The molecule has 0 saturated heterocycles. The summed E-state index contributed by atoms with van der Waals surface area (Å²) in [6.07, 6.45) is 6.39. The summed E-state index contributed by atoms with van der Waals surface area (Å²) in [4.78, 5) is 22.3. The van der Waals surface area contributed by atoms with Crippen molar-refractivity contribution in [3.63, 3.8) is 0 Å². The van der Waals surface area contributed by atoms with E-state index in [1.165, 1.54) is 11.6 Å². The maximum absolute atomic E-state index is 11.3. The molecule has 0 heterocycles. The summed E-state index contributed by atoms with van der Waals surface area (Å²) in [5.41, 5.74) is 1.69. The Morgan fingerprint density at radius 1 is 1.00 bits per heavy atom. The van der Waals surface area contributed by atoms with E-state index in [1.54, 1.807) is 6.92 Å². The third-order valence-electron chi connectivity index (χ3n) is 5.01. The van der Waals surface area contributed by atoms with Crippen LogP contribution in [-0.2, 0) is 23.8 Å². The third-order valence-corrected chi connectivity index (χ3v) is 5.01. The first-order valence-electron chi connectivity index (χ1n) is 10.5. The molecule has 2 rings (SSSR count). The van der Waals surface area contributed by atoms with Crippen molar-refractivity contribution in [2.75, 3.05) is 26.4 Å². The van der Waals surface area contributed by atoms with Crippen LogP contribution in [0.4, 0.5) is 0 Å². The van der Waals surface area contributed by atoms with E-state index < -0.39 is 11.9 Å². The fraction of sp³-hybridized carbons (Fsp3) is 0.500. The van der Waals surface area contributed by atoms with Crippen LogP contribution in [0.3, 0.4) is 0 Å². The summed E-state index contributed by atoms with van der Waals surface area (Å²) >= 11 is 0. The van der Waals surface area contributed by atoms with Gasteiger partial charge in [0.05, 0.1) is 19.3 Å². The monoisotopic (exact) mass is 416 g/mol. The van der Waals surface area contributed by atoms with Gasteiger partial charge in [-0.2, -0.15) is 0 Å². The van der Waals surface area contributed by atoms with Gasteiger partial charge in [-0.25, -0.2) is 9.59 Å². The minimum Gasteiger partial charge on any atom is -0.490 e. The van der Waals surface area contributed by atoms with Crippen LogP contribution in [0.25, 0.3) is 0 Å². The Balaban J connectivity index is 1.62. The molecule has 164 valence electrons. The molecule has 0 atom stereocenters. The van der Waals surface area contributed by atoms with Crippen LogP contribution in [0.1, 0.15) is 50.5 Å². The smallest absolute Gasteiger partial charge is 0.333 e. The SMILES string of the molecule is C=CC(=O)OCCCOC1CCC(c2ccc(OCCOC(=O)C(=C)C)cc2)CC1. The van der Waals surface area contributed by atoms with E-state index in [4.69, 9.17) is 18.9 Å². The molecular formula is C24H32O6. The molecule has 6 heteroatoms. The van der Waals surface area contributed by atoms with Crippen LogP contribution in [0.5, 0.6) is 5.75 Å². The van der Waals surface area contributed by atoms with Crippen molar-refractivity contribution in [1.82, 2.24) is 0 Å². The lowest BCUT2D eigenvalue weighted by Gasteiger charge is -2.29. The predicted molar refractivity (Wildman–Crippen MR) is 114 cm³/mol. The molecule has 1 saturated carbocycles. The van der Waals surface area contributed by atoms with E-state index in [9.17, 15) is 9.59 Å². The molecular weight excluding hydrogens is 384 g/mol. The number of esters is 2. The topological polar surface area (TPSA) is 71.1 Å². The number of carbonyl (C=O) groups excluding carboxylic acids is 2. The normalized spacial score (nSPS) is 18.3. The Morgan fingerprint density at radius 2 is 1.70 bits per heavy atom. The van der Waals surface area contributed by atoms with Crippen LogP contribution in [0.2, 0.25) is 0 Å². The highest BCUT2D eigenvalue weighted by molar-refractivity contribution is 5.86. The molecule has 0 spiro atoms. The molecule has 30 heavy (non-hydrogen) atoms. The largest absolute Gasteiger partial charge is 0.490 e. The molecule has 0 aromatic heterocycles. The molecule has 6 nitrogen and oxygen atoms in total. The van der Waals surface area contributed by atoms with Gasteiger partial charge in [0.2, 0.25) is 0 Å². The second kappa shape index (κ2) is 12.9. The standard InChI is InChI=1S/C24H32O6/c1-4-23(25)29-15-5-14-27-21-10-6-19(7-11-21)20-8-12-22(13-9-20)28-16-17-30-24(26)18(2)3/h4,8-9,12-13,19,21H,1-2,5-7,10-11,14-17H2,3H3. The summed E-state index contributed by atoms with van der Waals surface area (Å²) in [7, 11) is 0. The molecule has 1 aromatic carbocycles. The first-order chi connectivity index (χ1) is 14.5. The number of hydrogen-bond donors (Lipinski definition) is 0. The lowest BCUT2D eigenvalue weighted by molar-refractivity contribution is -0.140. The minimum absolute atomic E-state index is 0.203. The van der Waals surface area contributed by atoms with Gasteiger partial charge >= 0.3 is 11.9 Å². The van der Waals surface area contributed by atoms with Gasteiger partial charge in [-0.15, -0.1) is 0 Å². The van der Waals surface area contributed by atoms with Gasteiger partial charge in [-0.05, 0) is 56.2 Å². The van der Waals surface area contributed by atoms with Gasteiger partial charge < -0.3 is 18.9 Å². The molecule has 0 radical (unpaired) electrons. The number of ether oxygens (including phenoxy) is 4. The Morgan fingerprint density at radius 3 is 2.33 bits per heavy atom. The van der Waals surface area contributed by atoms with Crippen LogP contribution in [0.15, 0.2) is 49.1 Å². The van der Waals surface area contributed by atoms with E-state index in [0.29, 0.717) is 37.7 Å². The van der Waals surface area contributed by atoms with Crippen molar-refractivity contribution in [3.05, 3.63) is 54.6 Å². The highest BCUT2D eigenvalue weighted by Gasteiger charge is 2.22. The van der Waals surface area contributed by atoms with Crippen molar-refractivity contribution < 1.29 is 28.5 Å². The summed E-state index contributed by atoms with van der Waals surface area (Å²) < 4.78 is 21.5. The Bertz CT molecular complexity index is 701. The first-order valence-corrected chi connectivity index (χ1v) is 10.5. The van der Waals surface area contributed by atoms with Gasteiger partial charge in [0.1, 0.15) is 19.0 Å². The molecule has 1 aliphatic carbocycles. The van der Waals surface area contributed by atoms with Gasteiger partial charge in [0.15, 0.2) is 0 Å². The molecule has 0 bridgehead atoms. The van der Waals surface area contributed by atoms with Gasteiger partial charge in [0, 0.05) is 18.1 Å². The summed E-state index contributed by atoms with van der Waals surface area (Å²) in [5.74, 6) is 0.506. The van der Waals surface area contributed by atoms with Crippen molar-refractivity contribution in [2.24, 2.45) is 0 Å². The maximum Gasteiger partial charge on any atom is 0.333 e. The Kier molecular flexibility index (Phi) is 10.1. The number of carbonyl (C=O) groups is 2. The molecule has 0 amide bonds. The highest BCUT2D eigenvalue weighted by atomic mass is 16.6. The zero-order valence-electron chi connectivity index (χ0n) is 17.8. The lowest BCUT2D eigenvalue weighted by atomic mass is 9.83.